The highest BCUT2D eigenvalue weighted by molar-refractivity contribution is 5.80. The number of rotatable bonds is 4. The van der Waals surface area contributed by atoms with Crippen molar-refractivity contribution in [3.8, 4) is 0 Å². The van der Waals surface area contributed by atoms with Gasteiger partial charge in [0.25, 0.3) is 0 Å². The number of aryl methyl sites for hydroxylation is 1. The van der Waals surface area contributed by atoms with Gasteiger partial charge in [0, 0.05) is 36.8 Å². The molecule has 4 rings (SSSR count). The summed E-state index contributed by atoms with van der Waals surface area (Å²) in [7, 11) is 0. The number of amides is 1. The molecule has 25 heavy (non-hydrogen) atoms. The predicted molar refractivity (Wildman–Crippen MR) is 98.7 cm³/mol. The van der Waals surface area contributed by atoms with Crippen LogP contribution >= 0.6 is 0 Å². The molecular formula is C20H20N4O. The summed E-state index contributed by atoms with van der Waals surface area (Å²) in [5, 5.41) is 4.30. The highest BCUT2D eigenvalue weighted by Gasteiger charge is 2.19. The van der Waals surface area contributed by atoms with Crippen molar-refractivity contribution in [3.63, 3.8) is 0 Å². The number of carbonyl (C=O) groups is 1. The number of anilines is 2. The molecule has 2 aromatic carbocycles. The fourth-order valence-corrected chi connectivity index (χ4v) is 3.18. The summed E-state index contributed by atoms with van der Waals surface area (Å²) in [6, 6.07) is 14.2. The van der Waals surface area contributed by atoms with E-state index in [0.717, 1.165) is 35.1 Å². The normalized spacial score (nSPS) is 14.3. The summed E-state index contributed by atoms with van der Waals surface area (Å²) < 4.78 is 0. The van der Waals surface area contributed by atoms with Gasteiger partial charge in [-0.25, -0.2) is 9.97 Å². The molecule has 0 unspecified atom stereocenters. The van der Waals surface area contributed by atoms with Gasteiger partial charge in [-0.1, -0.05) is 23.8 Å². The molecule has 1 saturated heterocycles. The first-order chi connectivity index (χ1) is 12.2. The van der Waals surface area contributed by atoms with E-state index in [-0.39, 0.29) is 5.91 Å². The minimum absolute atomic E-state index is 0.242. The summed E-state index contributed by atoms with van der Waals surface area (Å²) in [6.07, 6.45) is 3.47. The molecule has 5 nitrogen and oxygen atoms in total. The highest BCUT2D eigenvalue weighted by atomic mass is 16.2. The highest BCUT2D eigenvalue weighted by Crippen LogP contribution is 2.20. The third kappa shape index (κ3) is 3.45. The molecule has 0 aliphatic carbocycles. The van der Waals surface area contributed by atoms with Gasteiger partial charge < -0.3 is 10.2 Å². The Kier molecular flexibility index (Phi) is 4.06. The standard InChI is InChI=1S/C20H20N4O/c1-14-7-8-18-16(10-14)12-21-20(23-18)22-17-5-2-4-15(11-17)13-24-9-3-6-19(24)25/h2,4-5,7-8,10-12H,3,6,9,13H2,1H3,(H,21,22,23). The van der Waals surface area contributed by atoms with Gasteiger partial charge in [0.2, 0.25) is 11.9 Å². The smallest absolute Gasteiger partial charge is 0.227 e. The maximum atomic E-state index is 11.8. The van der Waals surface area contributed by atoms with E-state index in [0.29, 0.717) is 18.9 Å². The topological polar surface area (TPSA) is 58.1 Å². The van der Waals surface area contributed by atoms with E-state index in [1.807, 2.05) is 47.5 Å². The van der Waals surface area contributed by atoms with Crippen LogP contribution in [0.3, 0.4) is 0 Å². The van der Waals surface area contributed by atoms with Gasteiger partial charge in [-0.3, -0.25) is 4.79 Å². The number of aromatic nitrogens is 2. The molecule has 5 heteroatoms. The molecule has 3 aromatic rings. The van der Waals surface area contributed by atoms with E-state index >= 15 is 0 Å². The van der Waals surface area contributed by atoms with Crippen molar-refractivity contribution in [2.75, 3.05) is 11.9 Å². The summed E-state index contributed by atoms with van der Waals surface area (Å²) in [5.41, 5.74) is 4.15. The lowest BCUT2D eigenvalue weighted by molar-refractivity contribution is -0.128. The molecule has 0 saturated carbocycles. The Bertz CT molecular complexity index is 938. The quantitative estimate of drug-likeness (QED) is 0.789. The molecule has 1 amide bonds. The van der Waals surface area contributed by atoms with Crippen LogP contribution in [0.1, 0.15) is 24.0 Å². The molecule has 0 spiro atoms. The molecular weight excluding hydrogens is 312 g/mol. The van der Waals surface area contributed by atoms with Crippen LogP contribution in [0.5, 0.6) is 0 Å². The maximum Gasteiger partial charge on any atom is 0.227 e. The molecule has 2 heterocycles. The number of hydrogen-bond acceptors (Lipinski definition) is 4. The molecule has 0 bridgehead atoms. The number of fused-ring (bicyclic) bond motifs is 1. The van der Waals surface area contributed by atoms with Crippen LogP contribution in [-0.2, 0) is 11.3 Å². The summed E-state index contributed by atoms with van der Waals surface area (Å²) in [5.74, 6) is 0.817. The minimum Gasteiger partial charge on any atom is -0.338 e. The fraction of sp³-hybridized carbons (Fsp3) is 0.250. The molecule has 126 valence electrons. The molecule has 0 atom stereocenters. The Labute approximate surface area is 146 Å². The van der Waals surface area contributed by atoms with Gasteiger partial charge in [0.1, 0.15) is 0 Å². The van der Waals surface area contributed by atoms with Crippen molar-refractivity contribution in [2.24, 2.45) is 0 Å². The number of nitrogens with one attached hydrogen (secondary N) is 1. The zero-order valence-electron chi connectivity index (χ0n) is 14.2. The van der Waals surface area contributed by atoms with E-state index in [2.05, 4.69) is 28.3 Å². The number of benzene rings is 2. The van der Waals surface area contributed by atoms with Crippen LogP contribution in [-0.4, -0.2) is 27.3 Å². The number of hydrogen-bond donors (Lipinski definition) is 1. The second kappa shape index (κ2) is 6.51. The average Bonchev–Trinajstić information content (AvgIpc) is 3.00. The van der Waals surface area contributed by atoms with Gasteiger partial charge in [-0.15, -0.1) is 0 Å². The second-order valence-electron chi connectivity index (χ2n) is 6.50. The first-order valence-corrected chi connectivity index (χ1v) is 8.54. The summed E-state index contributed by atoms with van der Waals surface area (Å²) in [6.45, 7) is 3.57. The summed E-state index contributed by atoms with van der Waals surface area (Å²) in [4.78, 5) is 22.7. The minimum atomic E-state index is 0.242. The number of carbonyl (C=O) groups excluding carboxylic acids is 1. The zero-order chi connectivity index (χ0) is 17.2. The Morgan fingerprint density at radius 1 is 1.20 bits per heavy atom. The third-order valence-electron chi connectivity index (χ3n) is 4.46. The van der Waals surface area contributed by atoms with Gasteiger partial charge in [0.05, 0.1) is 5.52 Å². The van der Waals surface area contributed by atoms with Gasteiger partial charge >= 0.3 is 0 Å². The van der Waals surface area contributed by atoms with Crippen LogP contribution in [0.25, 0.3) is 10.9 Å². The first kappa shape index (κ1) is 15.6. The van der Waals surface area contributed by atoms with Gasteiger partial charge in [0.15, 0.2) is 0 Å². The maximum absolute atomic E-state index is 11.8. The average molecular weight is 332 g/mol. The number of nitrogens with zero attached hydrogens (tertiary/aromatic N) is 3. The van der Waals surface area contributed by atoms with Crippen LogP contribution in [0.4, 0.5) is 11.6 Å². The van der Waals surface area contributed by atoms with Crippen LogP contribution in [0.2, 0.25) is 0 Å². The van der Waals surface area contributed by atoms with Crippen molar-refractivity contribution in [1.82, 2.24) is 14.9 Å². The fourth-order valence-electron chi connectivity index (χ4n) is 3.18. The lowest BCUT2D eigenvalue weighted by Gasteiger charge is -2.16. The monoisotopic (exact) mass is 332 g/mol. The zero-order valence-corrected chi connectivity index (χ0v) is 14.2. The van der Waals surface area contributed by atoms with E-state index in [9.17, 15) is 4.79 Å². The van der Waals surface area contributed by atoms with E-state index < -0.39 is 0 Å². The predicted octanol–water partition coefficient (Wildman–Crippen LogP) is 3.80. The van der Waals surface area contributed by atoms with Gasteiger partial charge in [-0.2, -0.15) is 0 Å². The third-order valence-corrected chi connectivity index (χ3v) is 4.46. The van der Waals surface area contributed by atoms with Crippen LogP contribution in [0, 0.1) is 6.92 Å². The van der Waals surface area contributed by atoms with Crippen molar-refractivity contribution in [3.05, 3.63) is 59.8 Å². The molecule has 1 aliphatic rings. The first-order valence-electron chi connectivity index (χ1n) is 8.54. The SMILES string of the molecule is Cc1ccc2nc(Nc3cccc(CN4CCCC4=O)c3)ncc2c1. The lowest BCUT2D eigenvalue weighted by atomic mass is 10.2. The van der Waals surface area contributed by atoms with Crippen molar-refractivity contribution in [1.29, 1.82) is 0 Å². The Balaban J connectivity index is 1.53. The molecule has 1 fully saturated rings. The van der Waals surface area contributed by atoms with E-state index in [4.69, 9.17) is 0 Å². The molecule has 1 N–H and O–H groups in total. The van der Waals surface area contributed by atoms with Crippen molar-refractivity contribution < 1.29 is 4.79 Å². The van der Waals surface area contributed by atoms with Crippen molar-refractivity contribution in [2.45, 2.75) is 26.3 Å². The van der Waals surface area contributed by atoms with Crippen molar-refractivity contribution >= 4 is 28.4 Å². The van der Waals surface area contributed by atoms with Crippen LogP contribution in [0.15, 0.2) is 48.7 Å². The Morgan fingerprint density at radius 3 is 2.96 bits per heavy atom. The molecule has 1 aliphatic heterocycles. The summed E-state index contributed by atoms with van der Waals surface area (Å²) >= 11 is 0. The Morgan fingerprint density at radius 2 is 2.12 bits per heavy atom. The molecule has 0 radical (unpaired) electrons. The lowest BCUT2D eigenvalue weighted by Crippen LogP contribution is -2.23. The Hall–Kier alpha value is -2.95. The van der Waals surface area contributed by atoms with Gasteiger partial charge in [-0.05, 0) is 43.2 Å². The molecule has 1 aromatic heterocycles. The van der Waals surface area contributed by atoms with E-state index in [1.165, 1.54) is 5.56 Å². The van der Waals surface area contributed by atoms with Crippen LogP contribution < -0.4 is 5.32 Å². The second-order valence-corrected chi connectivity index (χ2v) is 6.50. The largest absolute Gasteiger partial charge is 0.338 e. The van der Waals surface area contributed by atoms with E-state index in [1.54, 1.807) is 0 Å². The number of likely N-dealkylation sites (tertiary alicyclic amines) is 1.